The van der Waals surface area contributed by atoms with Gasteiger partial charge in [0.05, 0.1) is 11.7 Å². The van der Waals surface area contributed by atoms with E-state index in [1.807, 2.05) is 6.92 Å². The number of fused-ring (bicyclic) bond motifs is 1. The van der Waals surface area contributed by atoms with E-state index in [1.54, 1.807) is 6.07 Å². The molecule has 0 radical (unpaired) electrons. The minimum Gasteiger partial charge on any atom is -0.349 e. The van der Waals surface area contributed by atoms with E-state index < -0.39 is 0 Å². The molecule has 1 N–H and O–H groups in total. The van der Waals surface area contributed by atoms with Gasteiger partial charge in [-0.05, 0) is 68.5 Å². The third-order valence-corrected chi connectivity index (χ3v) is 5.86. The highest BCUT2D eigenvalue weighted by molar-refractivity contribution is 5.85. The molecule has 0 spiro atoms. The summed E-state index contributed by atoms with van der Waals surface area (Å²) in [6.07, 6.45) is 1.84. The highest BCUT2D eigenvalue weighted by Gasteiger charge is 2.27. The van der Waals surface area contributed by atoms with Crippen molar-refractivity contribution in [1.82, 2.24) is 9.97 Å². The number of rotatable bonds is 4. The lowest BCUT2D eigenvalue weighted by atomic mass is 9.93. The number of nitrogens with one attached hydrogen (secondary N) is 1. The second kappa shape index (κ2) is 9.00. The second-order valence-corrected chi connectivity index (χ2v) is 7.70. The van der Waals surface area contributed by atoms with Gasteiger partial charge in [-0.25, -0.2) is 9.37 Å². The number of halogens is 2. The predicted molar refractivity (Wildman–Crippen MR) is 124 cm³/mol. The van der Waals surface area contributed by atoms with Crippen molar-refractivity contribution in [3.8, 4) is 0 Å². The molecule has 0 bridgehead atoms. The summed E-state index contributed by atoms with van der Waals surface area (Å²) < 4.78 is 13.5. The summed E-state index contributed by atoms with van der Waals surface area (Å²) in [5.74, 6) is 1.29. The van der Waals surface area contributed by atoms with Crippen molar-refractivity contribution in [2.45, 2.75) is 46.6 Å². The van der Waals surface area contributed by atoms with Crippen LogP contribution >= 0.6 is 12.4 Å². The van der Waals surface area contributed by atoms with Gasteiger partial charge in [0.25, 0.3) is 0 Å². The Hall–Kier alpha value is -2.66. The largest absolute Gasteiger partial charge is 0.349 e. The van der Waals surface area contributed by atoms with Crippen LogP contribution < -0.4 is 10.2 Å². The van der Waals surface area contributed by atoms with Crippen LogP contribution in [0.5, 0.6) is 0 Å². The van der Waals surface area contributed by atoms with E-state index in [0.29, 0.717) is 5.95 Å². The van der Waals surface area contributed by atoms with Crippen molar-refractivity contribution in [2.75, 3.05) is 16.8 Å². The predicted octanol–water partition coefficient (Wildman–Crippen LogP) is 6.08. The number of hydrogen-bond donors (Lipinski definition) is 1. The van der Waals surface area contributed by atoms with Crippen molar-refractivity contribution in [2.24, 2.45) is 0 Å². The van der Waals surface area contributed by atoms with Gasteiger partial charge in [0.2, 0.25) is 5.95 Å². The topological polar surface area (TPSA) is 41.1 Å². The fourth-order valence-electron chi connectivity index (χ4n) is 4.18. The first-order chi connectivity index (χ1) is 14.0. The summed E-state index contributed by atoms with van der Waals surface area (Å²) in [7, 11) is 0. The van der Waals surface area contributed by atoms with Crippen molar-refractivity contribution in [3.05, 3.63) is 76.2 Å². The number of anilines is 3. The van der Waals surface area contributed by atoms with Gasteiger partial charge in [-0.2, -0.15) is 4.98 Å². The zero-order valence-corrected chi connectivity index (χ0v) is 18.7. The molecule has 0 aliphatic carbocycles. The van der Waals surface area contributed by atoms with Gasteiger partial charge in [0.15, 0.2) is 0 Å². The zero-order chi connectivity index (χ0) is 20.5. The molecule has 6 heteroatoms. The number of aromatic nitrogens is 2. The molecular weight excluding hydrogens is 399 g/mol. The minimum atomic E-state index is -0.242. The van der Waals surface area contributed by atoms with E-state index in [4.69, 9.17) is 9.97 Å². The smallest absolute Gasteiger partial charge is 0.229 e. The Morgan fingerprint density at radius 3 is 2.63 bits per heavy atom. The van der Waals surface area contributed by atoms with Gasteiger partial charge in [-0.15, -0.1) is 12.4 Å². The van der Waals surface area contributed by atoms with Crippen LogP contribution in [0.3, 0.4) is 0 Å². The van der Waals surface area contributed by atoms with Crippen LogP contribution in [0.4, 0.5) is 21.8 Å². The standard InChI is InChI=1S/C24H27FN4.ClH/c1-5-21-16(3)23(29-13-12-18-8-6-7-9-20(18)17(29)4)28-24(26-21)27-22-11-10-19(25)14-15(22)2;/h6-11,14,17H,5,12-13H2,1-4H3,(H,26,27,28);1H. The highest BCUT2D eigenvalue weighted by Crippen LogP contribution is 2.35. The van der Waals surface area contributed by atoms with Crippen LogP contribution in [0.2, 0.25) is 0 Å². The average Bonchev–Trinajstić information content (AvgIpc) is 2.72. The molecular formula is C24H28ClFN4. The van der Waals surface area contributed by atoms with Gasteiger partial charge in [-0.1, -0.05) is 31.2 Å². The van der Waals surface area contributed by atoms with Crippen LogP contribution in [-0.4, -0.2) is 16.5 Å². The molecule has 1 aromatic heterocycles. The van der Waals surface area contributed by atoms with Crippen LogP contribution in [0.25, 0.3) is 0 Å². The van der Waals surface area contributed by atoms with Crippen LogP contribution in [-0.2, 0) is 12.8 Å². The molecule has 1 unspecified atom stereocenters. The summed E-state index contributed by atoms with van der Waals surface area (Å²) in [6, 6.07) is 13.6. The molecule has 30 heavy (non-hydrogen) atoms. The molecule has 0 amide bonds. The summed E-state index contributed by atoms with van der Waals surface area (Å²) in [6.45, 7) is 9.26. The molecule has 0 fully saturated rings. The van der Waals surface area contributed by atoms with Gasteiger partial charge in [0.1, 0.15) is 11.6 Å². The summed E-state index contributed by atoms with van der Waals surface area (Å²) in [5.41, 5.74) is 6.58. The number of benzene rings is 2. The zero-order valence-electron chi connectivity index (χ0n) is 17.9. The summed E-state index contributed by atoms with van der Waals surface area (Å²) in [5, 5.41) is 3.30. The molecule has 3 aromatic rings. The lowest BCUT2D eigenvalue weighted by Crippen LogP contribution is -2.35. The molecule has 0 saturated carbocycles. The Bertz CT molecular complexity index is 1050. The number of hydrogen-bond acceptors (Lipinski definition) is 4. The van der Waals surface area contributed by atoms with Crippen molar-refractivity contribution in [1.29, 1.82) is 0 Å². The number of nitrogens with zero attached hydrogens (tertiary/aromatic N) is 3. The lowest BCUT2D eigenvalue weighted by molar-refractivity contribution is 0.614. The minimum absolute atomic E-state index is 0. The Morgan fingerprint density at radius 1 is 1.13 bits per heavy atom. The first kappa shape index (κ1) is 22.0. The maximum absolute atomic E-state index is 13.5. The molecule has 1 aliphatic heterocycles. The number of aryl methyl sites for hydroxylation is 2. The van der Waals surface area contributed by atoms with Crippen molar-refractivity contribution in [3.63, 3.8) is 0 Å². The van der Waals surface area contributed by atoms with E-state index in [1.165, 1.54) is 23.3 Å². The second-order valence-electron chi connectivity index (χ2n) is 7.70. The van der Waals surface area contributed by atoms with Gasteiger partial charge in [-0.3, -0.25) is 0 Å². The monoisotopic (exact) mass is 426 g/mol. The quantitative estimate of drug-likeness (QED) is 0.548. The SMILES string of the molecule is CCc1nc(Nc2ccc(F)cc2C)nc(N2CCc3ccccc3C2C)c1C.Cl. The summed E-state index contributed by atoms with van der Waals surface area (Å²) in [4.78, 5) is 12.0. The maximum Gasteiger partial charge on any atom is 0.229 e. The van der Waals surface area contributed by atoms with Gasteiger partial charge in [0, 0.05) is 17.8 Å². The third-order valence-electron chi connectivity index (χ3n) is 5.86. The lowest BCUT2D eigenvalue weighted by Gasteiger charge is -2.37. The van der Waals surface area contributed by atoms with Gasteiger partial charge < -0.3 is 10.2 Å². The first-order valence-electron chi connectivity index (χ1n) is 10.2. The first-order valence-corrected chi connectivity index (χ1v) is 10.2. The van der Waals surface area contributed by atoms with Crippen molar-refractivity contribution < 1.29 is 4.39 Å². The Kier molecular flexibility index (Phi) is 6.61. The maximum atomic E-state index is 13.5. The third kappa shape index (κ3) is 4.12. The van der Waals surface area contributed by atoms with Crippen LogP contribution in [0, 0.1) is 19.7 Å². The van der Waals surface area contributed by atoms with Crippen LogP contribution in [0.1, 0.15) is 47.8 Å². The van der Waals surface area contributed by atoms with E-state index in [2.05, 4.69) is 55.3 Å². The average molecular weight is 427 g/mol. The molecule has 2 heterocycles. The molecule has 1 atom stereocenters. The Labute approximate surface area is 184 Å². The van der Waals surface area contributed by atoms with E-state index in [9.17, 15) is 4.39 Å². The van der Waals surface area contributed by atoms with E-state index in [0.717, 1.165) is 47.7 Å². The Morgan fingerprint density at radius 2 is 1.90 bits per heavy atom. The molecule has 1 aliphatic rings. The molecule has 0 saturated heterocycles. The van der Waals surface area contributed by atoms with Gasteiger partial charge >= 0.3 is 0 Å². The van der Waals surface area contributed by atoms with Crippen LogP contribution in [0.15, 0.2) is 42.5 Å². The Balaban J connectivity index is 0.00000256. The molecule has 4 rings (SSSR count). The summed E-state index contributed by atoms with van der Waals surface area (Å²) >= 11 is 0. The molecule has 158 valence electrons. The fourth-order valence-corrected chi connectivity index (χ4v) is 4.18. The fraction of sp³-hybridized carbons (Fsp3) is 0.333. The van der Waals surface area contributed by atoms with Crippen molar-refractivity contribution >= 4 is 29.9 Å². The highest BCUT2D eigenvalue weighted by atomic mass is 35.5. The van der Waals surface area contributed by atoms with E-state index >= 15 is 0 Å². The van der Waals surface area contributed by atoms with E-state index in [-0.39, 0.29) is 24.3 Å². The molecule has 4 nitrogen and oxygen atoms in total. The molecule has 2 aromatic carbocycles. The normalized spacial score (nSPS) is 15.4.